The molecule has 1 amide bonds. The monoisotopic (exact) mass is 221 g/mol. The van der Waals surface area contributed by atoms with E-state index in [0.29, 0.717) is 0 Å². The number of anilines is 1. The lowest BCUT2D eigenvalue weighted by Crippen LogP contribution is -2.40. The normalized spacial score (nSPS) is 19.9. The molecule has 78 valence electrons. The molecule has 1 aromatic rings. The molecule has 0 bridgehead atoms. The minimum absolute atomic E-state index is 0.00537. The molecule has 0 aliphatic carbocycles. The second-order valence-corrected chi connectivity index (χ2v) is 4.73. The average molecular weight is 221 g/mol. The highest BCUT2D eigenvalue weighted by molar-refractivity contribution is 8.00. The molecule has 15 heavy (non-hydrogen) atoms. The first-order valence-corrected chi connectivity index (χ1v) is 5.62. The summed E-state index contributed by atoms with van der Waals surface area (Å²) in [6.45, 7) is 2.00. The van der Waals surface area contributed by atoms with Gasteiger partial charge in [0.15, 0.2) is 0 Å². The van der Waals surface area contributed by atoms with Crippen LogP contribution in [0.15, 0.2) is 29.2 Å². The van der Waals surface area contributed by atoms with E-state index < -0.39 is 0 Å². The number of carbonyl (C=O) groups excluding carboxylic acids is 2. The van der Waals surface area contributed by atoms with Crippen molar-refractivity contribution in [2.75, 3.05) is 11.4 Å². The van der Waals surface area contributed by atoms with Gasteiger partial charge in [-0.15, -0.1) is 11.8 Å². The average Bonchev–Trinajstić information content (AvgIpc) is 2.25. The van der Waals surface area contributed by atoms with Crippen molar-refractivity contribution in [2.24, 2.45) is 0 Å². The molecule has 0 N–H and O–H groups in total. The summed E-state index contributed by atoms with van der Waals surface area (Å²) in [5.41, 5.74) is 0.845. The molecule has 1 atom stereocenters. The predicted molar refractivity (Wildman–Crippen MR) is 60.2 cm³/mol. The zero-order valence-electron chi connectivity index (χ0n) is 8.34. The minimum atomic E-state index is -0.111. The van der Waals surface area contributed by atoms with E-state index in [9.17, 15) is 9.59 Å². The number of hydrogen-bond donors (Lipinski definition) is 0. The molecule has 1 unspecified atom stereocenters. The molecule has 0 saturated carbocycles. The Bertz CT molecular complexity index is 405. The third-order valence-corrected chi connectivity index (χ3v) is 3.49. The Morgan fingerprint density at radius 2 is 2.20 bits per heavy atom. The van der Waals surface area contributed by atoms with Gasteiger partial charge in [-0.25, -0.2) is 0 Å². The van der Waals surface area contributed by atoms with Gasteiger partial charge in [-0.05, 0) is 19.1 Å². The first-order valence-electron chi connectivity index (χ1n) is 4.74. The van der Waals surface area contributed by atoms with E-state index in [1.54, 1.807) is 16.7 Å². The van der Waals surface area contributed by atoms with Crippen LogP contribution in [0, 0.1) is 0 Å². The highest BCUT2D eigenvalue weighted by atomic mass is 32.2. The lowest BCUT2D eigenvalue weighted by Gasteiger charge is -2.30. The molecule has 0 saturated heterocycles. The summed E-state index contributed by atoms with van der Waals surface area (Å²) in [7, 11) is 0. The molecule has 1 aliphatic rings. The van der Waals surface area contributed by atoms with E-state index >= 15 is 0 Å². The van der Waals surface area contributed by atoms with Crippen LogP contribution in [0.1, 0.15) is 6.92 Å². The van der Waals surface area contributed by atoms with E-state index in [-0.39, 0.29) is 17.7 Å². The third-order valence-electron chi connectivity index (χ3n) is 2.33. The Kier molecular flexibility index (Phi) is 2.77. The number of benzene rings is 1. The number of nitrogens with zero attached hydrogens (tertiary/aromatic N) is 1. The number of carbonyl (C=O) groups is 2. The fourth-order valence-electron chi connectivity index (χ4n) is 1.62. The van der Waals surface area contributed by atoms with E-state index in [1.165, 1.54) is 0 Å². The maximum absolute atomic E-state index is 11.8. The topological polar surface area (TPSA) is 37.4 Å². The molecule has 0 spiro atoms. The van der Waals surface area contributed by atoms with Gasteiger partial charge >= 0.3 is 0 Å². The van der Waals surface area contributed by atoms with Crippen molar-refractivity contribution in [3.05, 3.63) is 24.3 Å². The van der Waals surface area contributed by atoms with Gasteiger partial charge in [0.25, 0.3) is 0 Å². The first-order chi connectivity index (χ1) is 7.24. The van der Waals surface area contributed by atoms with Crippen LogP contribution >= 0.6 is 11.8 Å². The zero-order valence-corrected chi connectivity index (χ0v) is 9.16. The number of thioether (sulfide) groups is 1. The summed E-state index contributed by atoms with van der Waals surface area (Å²) in [6.07, 6.45) is 0.761. The fraction of sp³-hybridized carbons (Fsp3) is 0.273. The van der Waals surface area contributed by atoms with Gasteiger partial charge in [-0.3, -0.25) is 4.79 Å². The molecular weight excluding hydrogens is 210 g/mol. The van der Waals surface area contributed by atoms with Gasteiger partial charge in [0.05, 0.1) is 17.5 Å². The summed E-state index contributed by atoms with van der Waals surface area (Å²) in [5.74, 6) is 0.00537. The smallest absolute Gasteiger partial charge is 0.240 e. The van der Waals surface area contributed by atoms with Crippen LogP contribution in [-0.4, -0.2) is 24.0 Å². The first kappa shape index (κ1) is 10.2. The SMILES string of the molecule is CC1Sc2ccccc2N(CC=O)C1=O. The molecule has 3 nitrogen and oxygen atoms in total. The second-order valence-electron chi connectivity index (χ2n) is 3.34. The molecular formula is C11H11NO2S. The van der Waals surface area contributed by atoms with Crippen molar-refractivity contribution in [2.45, 2.75) is 17.1 Å². The van der Waals surface area contributed by atoms with Crippen LogP contribution in [0.4, 0.5) is 5.69 Å². The van der Waals surface area contributed by atoms with Gasteiger partial charge in [0, 0.05) is 4.90 Å². The number of fused-ring (bicyclic) bond motifs is 1. The maximum Gasteiger partial charge on any atom is 0.240 e. The number of aldehydes is 1. The number of amides is 1. The van der Waals surface area contributed by atoms with Gasteiger partial charge in [-0.1, -0.05) is 12.1 Å². The summed E-state index contributed by atoms with van der Waals surface area (Å²) in [6, 6.07) is 7.66. The van der Waals surface area contributed by atoms with Crippen LogP contribution < -0.4 is 4.90 Å². The molecule has 4 heteroatoms. The summed E-state index contributed by atoms with van der Waals surface area (Å²) < 4.78 is 0. The number of rotatable bonds is 2. The standard InChI is InChI=1S/C11H11NO2S/c1-8-11(14)12(6-7-13)9-4-2-3-5-10(9)15-8/h2-5,7-8H,6H2,1H3. The highest BCUT2D eigenvalue weighted by Gasteiger charge is 2.29. The largest absolute Gasteiger partial charge is 0.303 e. The van der Waals surface area contributed by atoms with Gasteiger partial charge < -0.3 is 9.69 Å². The quantitative estimate of drug-likeness (QED) is 0.713. The van der Waals surface area contributed by atoms with Gasteiger partial charge in [0.1, 0.15) is 6.29 Å². The molecule has 1 heterocycles. The number of hydrogen-bond acceptors (Lipinski definition) is 3. The summed E-state index contributed by atoms with van der Waals surface area (Å²) in [5, 5.41) is -0.111. The minimum Gasteiger partial charge on any atom is -0.303 e. The Labute approximate surface area is 92.5 Å². The van der Waals surface area contributed by atoms with E-state index in [1.807, 2.05) is 31.2 Å². The van der Waals surface area contributed by atoms with Crippen molar-refractivity contribution in [1.82, 2.24) is 0 Å². The van der Waals surface area contributed by atoms with Crippen molar-refractivity contribution in [3.8, 4) is 0 Å². The van der Waals surface area contributed by atoms with E-state index in [2.05, 4.69) is 0 Å². The van der Waals surface area contributed by atoms with Crippen LogP contribution in [0.5, 0.6) is 0 Å². The molecule has 0 radical (unpaired) electrons. The van der Waals surface area contributed by atoms with Crippen LogP contribution in [0.2, 0.25) is 0 Å². The van der Waals surface area contributed by atoms with Crippen LogP contribution in [0.3, 0.4) is 0 Å². The Balaban J connectivity index is 2.44. The molecule has 2 rings (SSSR count). The zero-order chi connectivity index (χ0) is 10.8. The Morgan fingerprint density at radius 3 is 2.93 bits per heavy atom. The van der Waals surface area contributed by atoms with Gasteiger partial charge in [0.2, 0.25) is 5.91 Å². The highest BCUT2D eigenvalue weighted by Crippen LogP contribution is 2.38. The fourth-order valence-corrected chi connectivity index (χ4v) is 2.69. The third kappa shape index (κ3) is 1.77. The van der Waals surface area contributed by atoms with Crippen molar-refractivity contribution in [3.63, 3.8) is 0 Å². The molecule has 0 aromatic heterocycles. The lowest BCUT2D eigenvalue weighted by atomic mass is 10.2. The van der Waals surface area contributed by atoms with E-state index in [4.69, 9.17) is 0 Å². The van der Waals surface area contributed by atoms with Crippen molar-refractivity contribution < 1.29 is 9.59 Å². The Hall–Kier alpha value is -1.29. The van der Waals surface area contributed by atoms with Crippen LogP contribution in [-0.2, 0) is 9.59 Å². The summed E-state index contributed by atoms with van der Waals surface area (Å²) in [4.78, 5) is 25.0. The van der Waals surface area contributed by atoms with Gasteiger partial charge in [-0.2, -0.15) is 0 Å². The lowest BCUT2D eigenvalue weighted by molar-refractivity contribution is -0.119. The number of para-hydroxylation sites is 1. The maximum atomic E-state index is 11.8. The second kappa shape index (κ2) is 4.06. The predicted octanol–water partition coefficient (Wildman–Crippen LogP) is 1.71. The van der Waals surface area contributed by atoms with Crippen LogP contribution in [0.25, 0.3) is 0 Å². The van der Waals surface area contributed by atoms with E-state index in [0.717, 1.165) is 16.9 Å². The molecule has 1 aromatic carbocycles. The molecule has 1 aliphatic heterocycles. The Morgan fingerprint density at radius 1 is 1.47 bits per heavy atom. The summed E-state index contributed by atoms with van der Waals surface area (Å²) >= 11 is 1.54. The van der Waals surface area contributed by atoms with Crippen molar-refractivity contribution >= 4 is 29.6 Å². The van der Waals surface area contributed by atoms with Crippen molar-refractivity contribution in [1.29, 1.82) is 0 Å². The molecule has 0 fully saturated rings.